The van der Waals surface area contributed by atoms with Crippen LogP contribution in [0.5, 0.6) is 0 Å². The minimum atomic E-state index is -3.95. The van der Waals surface area contributed by atoms with Crippen molar-refractivity contribution in [3.63, 3.8) is 0 Å². The lowest BCUT2D eigenvalue weighted by Crippen LogP contribution is -2.50. The highest BCUT2D eigenvalue weighted by atomic mass is 32.2. The van der Waals surface area contributed by atoms with E-state index in [1.54, 1.807) is 30.5 Å². The van der Waals surface area contributed by atoms with Crippen LogP contribution in [0.3, 0.4) is 0 Å². The van der Waals surface area contributed by atoms with Gasteiger partial charge in [0.15, 0.2) is 0 Å². The highest BCUT2D eigenvalue weighted by Gasteiger charge is 2.33. The number of ether oxygens (including phenoxy) is 1. The molecule has 1 aromatic heterocycles. The molecule has 0 aliphatic heterocycles. The van der Waals surface area contributed by atoms with E-state index < -0.39 is 28.0 Å². The van der Waals surface area contributed by atoms with Crippen LogP contribution in [0.15, 0.2) is 41.4 Å². The number of carboxylic acid groups (broad SMARTS) is 1. The van der Waals surface area contributed by atoms with Crippen molar-refractivity contribution in [2.45, 2.75) is 23.8 Å². The molecule has 0 amide bonds. The molecule has 1 unspecified atom stereocenters. The third-order valence-electron chi connectivity index (χ3n) is 3.28. The van der Waals surface area contributed by atoms with Gasteiger partial charge in [-0.05, 0) is 31.2 Å². The van der Waals surface area contributed by atoms with Crippen LogP contribution in [0.1, 0.15) is 13.3 Å². The Hall–Kier alpha value is -2.03. The molecule has 1 atom stereocenters. The largest absolute Gasteiger partial charge is 0.481 e. The number of hydrogen-bond acceptors (Lipinski definition) is 5. The van der Waals surface area contributed by atoms with Crippen molar-refractivity contribution in [2.24, 2.45) is 0 Å². The van der Waals surface area contributed by atoms with E-state index in [2.05, 4.69) is 9.71 Å². The summed E-state index contributed by atoms with van der Waals surface area (Å²) in [6.07, 6.45) is 1.18. The molecule has 8 heteroatoms. The Kier molecular flexibility index (Phi) is 4.98. The number of pyridine rings is 1. The molecule has 1 heterocycles. The van der Waals surface area contributed by atoms with Gasteiger partial charge in [0.05, 0.1) is 29.0 Å². The van der Waals surface area contributed by atoms with Crippen LogP contribution in [0.25, 0.3) is 10.9 Å². The Balaban J connectivity index is 2.45. The van der Waals surface area contributed by atoms with Crippen LogP contribution in [0.2, 0.25) is 0 Å². The van der Waals surface area contributed by atoms with Gasteiger partial charge in [-0.2, -0.15) is 0 Å². The zero-order chi connectivity index (χ0) is 17.1. The number of hydrogen-bond donors (Lipinski definition) is 2. The second-order valence-corrected chi connectivity index (χ2v) is 7.15. The first-order valence-corrected chi connectivity index (χ1v) is 8.34. The van der Waals surface area contributed by atoms with E-state index in [-0.39, 0.29) is 11.5 Å². The van der Waals surface area contributed by atoms with Gasteiger partial charge in [0, 0.05) is 18.7 Å². The standard InChI is InChI=1S/C15H18N2O5S/c1-15(10-22-2,9-14(18)19)17-23(20,21)13-7-3-6-12-11(13)5-4-8-16-12/h3-8,17H,9-10H2,1-2H3,(H,18,19). The van der Waals surface area contributed by atoms with Gasteiger partial charge in [0.25, 0.3) is 0 Å². The smallest absolute Gasteiger partial charge is 0.305 e. The summed E-state index contributed by atoms with van der Waals surface area (Å²) >= 11 is 0. The number of benzene rings is 1. The van der Waals surface area contributed by atoms with Crippen LogP contribution in [-0.4, -0.2) is 43.7 Å². The van der Waals surface area contributed by atoms with Gasteiger partial charge in [-0.3, -0.25) is 9.78 Å². The molecule has 0 saturated carbocycles. The van der Waals surface area contributed by atoms with Gasteiger partial charge in [-0.15, -0.1) is 0 Å². The van der Waals surface area contributed by atoms with Crippen LogP contribution >= 0.6 is 0 Å². The molecule has 1 aromatic carbocycles. The molecule has 2 rings (SSSR count). The van der Waals surface area contributed by atoms with Gasteiger partial charge >= 0.3 is 5.97 Å². The minimum Gasteiger partial charge on any atom is -0.481 e. The number of methoxy groups -OCH3 is 1. The van der Waals surface area contributed by atoms with Crippen molar-refractivity contribution < 1.29 is 23.1 Å². The molecule has 7 nitrogen and oxygen atoms in total. The number of nitrogens with zero attached hydrogens (tertiary/aromatic N) is 1. The summed E-state index contributed by atoms with van der Waals surface area (Å²) < 4.78 is 32.9. The minimum absolute atomic E-state index is 0.0517. The van der Waals surface area contributed by atoms with Crippen molar-refractivity contribution in [2.75, 3.05) is 13.7 Å². The van der Waals surface area contributed by atoms with Gasteiger partial charge in [0.2, 0.25) is 10.0 Å². The first-order valence-electron chi connectivity index (χ1n) is 6.86. The SMILES string of the molecule is COCC(C)(CC(=O)O)NS(=O)(=O)c1cccc2ncccc12. The average molecular weight is 338 g/mol. The van der Waals surface area contributed by atoms with E-state index in [0.717, 1.165) is 0 Å². The summed E-state index contributed by atoms with van der Waals surface area (Å²) in [7, 11) is -2.56. The Morgan fingerprint density at radius 2 is 2.09 bits per heavy atom. The highest BCUT2D eigenvalue weighted by molar-refractivity contribution is 7.89. The van der Waals surface area contributed by atoms with Crippen LogP contribution in [-0.2, 0) is 19.6 Å². The van der Waals surface area contributed by atoms with E-state index in [4.69, 9.17) is 9.84 Å². The number of fused-ring (bicyclic) bond motifs is 1. The number of sulfonamides is 1. The Morgan fingerprint density at radius 1 is 1.35 bits per heavy atom. The summed E-state index contributed by atoms with van der Waals surface area (Å²) in [4.78, 5) is 15.2. The van der Waals surface area contributed by atoms with Crippen molar-refractivity contribution in [3.8, 4) is 0 Å². The lowest BCUT2D eigenvalue weighted by molar-refractivity contribution is -0.138. The van der Waals surface area contributed by atoms with Gasteiger partial charge in [-0.25, -0.2) is 13.1 Å². The maximum Gasteiger partial charge on any atom is 0.305 e. The molecule has 2 aromatic rings. The highest BCUT2D eigenvalue weighted by Crippen LogP contribution is 2.23. The predicted molar refractivity (Wildman–Crippen MR) is 84.6 cm³/mol. The molecule has 0 aliphatic carbocycles. The van der Waals surface area contributed by atoms with E-state index in [9.17, 15) is 13.2 Å². The fourth-order valence-electron chi connectivity index (χ4n) is 2.46. The molecule has 2 N–H and O–H groups in total. The zero-order valence-corrected chi connectivity index (χ0v) is 13.6. The second kappa shape index (κ2) is 6.61. The normalized spacial score (nSPS) is 14.5. The third kappa shape index (κ3) is 4.04. The molecule has 0 aliphatic rings. The van der Waals surface area contributed by atoms with Gasteiger partial charge < -0.3 is 9.84 Å². The number of rotatable bonds is 7. The summed E-state index contributed by atoms with van der Waals surface area (Å²) in [5.74, 6) is -1.12. The summed E-state index contributed by atoms with van der Waals surface area (Å²) in [5.41, 5.74) is -0.717. The van der Waals surface area contributed by atoms with Crippen LogP contribution in [0, 0.1) is 0 Å². The van der Waals surface area contributed by atoms with Crippen molar-refractivity contribution >= 4 is 26.9 Å². The van der Waals surface area contributed by atoms with Gasteiger partial charge in [0.1, 0.15) is 0 Å². The van der Waals surface area contributed by atoms with Crippen molar-refractivity contribution in [3.05, 3.63) is 36.5 Å². The molecule has 124 valence electrons. The molecule has 23 heavy (non-hydrogen) atoms. The summed E-state index contributed by atoms with van der Waals surface area (Å²) in [6.45, 7) is 1.42. The maximum absolute atomic E-state index is 12.7. The molecule has 0 spiro atoms. The van der Waals surface area contributed by atoms with Gasteiger partial charge in [-0.1, -0.05) is 6.07 Å². The number of nitrogens with one attached hydrogen (secondary N) is 1. The van der Waals surface area contributed by atoms with Crippen molar-refractivity contribution in [1.29, 1.82) is 0 Å². The second-order valence-electron chi connectivity index (χ2n) is 5.50. The van der Waals surface area contributed by atoms with E-state index in [0.29, 0.717) is 10.9 Å². The van der Waals surface area contributed by atoms with Crippen molar-refractivity contribution in [1.82, 2.24) is 9.71 Å². The summed E-state index contributed by atoms with van der Waals surface area (Å²) in [6, 6.07) is 8.06. The Morgan fingerprint density at radius 3 is 2.74 bits per heavy atom. The quantitative estimate of drug-likeness (QED) is 0.790. The zero-order valence-electron chi connectivity index (χ0n) is 12.8. The fourth-order valence-corrected chi connectivity index (χ4v) is 4.07. The number of carbonyl (C=O) groups is 1. The topological polar surface area (TPSA) is 106 Å². The fraction of sp³-hybridized carbons (Fsp3) is 0.333. The average Bonchev–Trinajstić information content (AvgIpc) is 2.45. The van der Waals surface area contributed by atoms with Crippen LogP contribution in [0.4, 0.5) is 0 Å². The Labute approximate surface area is 134 Å². The monoisotopic (exact) mass is 338 g/mol. The van der Waals surface area contributed by atoms with Crippen LogP contribution < -0.4 is 4.72 Å². The molecule has 0 saturated heterocycles. The van der Waals surface area contributed by atoms with E-state index in [1.807, 2.05) is 0 Å². The van der Waals surface area contributed by atoms with E-state index in [1.165, 1.54) is 20.1 Å². The molecule has 0 bridgehead atoms. The molecule has 0 radical (unpaired) electrons. The third-order valence-corrected chi connectivity index (χ3v) is 4.98. The number of aromatic nitrogens is 1. The Bertz CT molecular complexity index is 816. The first kappa shape index (κ1) is 17.3. The molecule has 0 fully saturated rings. The van der Waals surface area contributed by atoms with E-state index >= 15 is 0 Å². The predicted octanol–water partition coefficient (Wildman–Crippen LogP) is 1.39. The number of aliphatic carboxylic acids is 1. The maximum atomic E-state index is 12.7. The molecular formula is C15H18N2O5S. The summed E-state index contributed by atoms with van der Waals surface area (Å²) in [5, 5.41) is 9.48. The number of carboxylic acids is 1. The lowest BCUT2D eigenvalue weighted by atomic mass is 10.0. The first-order chi connectivity index (χ1) is 10.8. The lowest BCUT2D eigenvalue weighted by Gasteiger charge is -2.28. The molecular weight excluding hydrogens is 320 g/mol.